The molecule has 1 heterocycles. The van der Waals surface area contributed by atoms with Crippen LogP contribution in [-0.4, -0.2) is 34.1 Å². The highest BCUT2D eigenvalue weighted by molar-refractivity contribution is 5.58. The maximum absolute atomic E-state index is 10.0. The van der Waals surface area contributed by atoms with Crippen molar-refractivity contribution in [2.45, 2.75) is 39.2 Å². The Morgan fingerprint density at radius 1 is 1.06 bits per heavy atom. The van der Waals surface area contributed by atoms with E-state index in [1.807, 2.05) is 20.8 Å². The molecule has 1 aromatic rings. The summed E-state index contributed by atoms with van der Waals surface area (Å²) in [6, 6.07) is 0. The Morgan fingerprint density at radius 2 is 1.67 bits per heavy atom. The molecule has 0 fully saturated rings. The average molecular weight is 252 g/mol. The molecule has 0 bridgehead atoms. The van der Waals surface area contributed by atoms with Gasteiger partial charge in [0.25, 0.3) is 0 Å². The molecule has 1 aliphatic heterocycles. The number of aliphatic hydroxyl groups excluding tert-OH is 2. The monoisotopic (exact) mass is 252 g/mol. The maximum Gasteiger partial charge on any atom is 0.155 e. The van der Waals surface area contributed by atoms with Crippen LogP contribution in [0, 0.1) is 20.8 Å². The summed E-state index contributed by atoms with van der Waals surface area (Å²) in [4.78, 5) is 0. The van der Waals surface area contributed by atoms with Gasteiger partial charge in [0.05, 0.1) is 13.2 Å². The van der Waals surface area contributed by atoms with Gasteiger partial charge in [0.15, 0.2) is 5.60 Å². The molecular formula is C14H20O4. The minimum Gasteiger partial charge on any atom is -0.507 e. The summed E-state index contributed by atoms with van der Waals surface area (Å²) < 4.78 is 5.85. The van der Waals surface area contributed by atoms with Crippen molar-refractivity contribution >= 4 is 0 Å². The minimum atomic E-state index is -0.895. The van der Waals surface area contributed by atoms with Crippen molar-refractivity contribution in [2.24, 2.45) is 0 Å². The lowest BCUT2D eigenvalue weighted by atomic mass is 9.87. The van der Waals surface area contributed by atoms with Crippen molar-refractivity contribution < 1.29 is 20.1 Å². The lowest BCUT2D eigenvalue weighted by Gasteiger charge is -2.37. The Balaban J connectivity index is 2.57. The second-order valence-corrected chi connectivity index (χ2v) is 5.13. The topological polar surface area (TPSA) is 69.9 Å². The Kier molecular flexibility index (Phi) is 3.25. The average Bonchev–Trinajstić information content (AvgIpc) is 2.42. The van der Waals surface area contributed by atoms with Gasteiger partial charge in [-0.25, -0.2) is 0 Å². The van der Waals surface area contributed by atoms with Gasteiger partial charge in [-0.05, 0) is 50.3 Å². The van der Waals surface area contributed by atoms with Gasteiger partial charge in [0, 0.05) is 5.56 Å². The lowest BCUT2D eigenvalue weighted by molar-refractivity contribution is -0.0480. The van der Waals surface area contributed by atoms with Gasteiger partial charge in [0.2, 0.25) is 0 Å². The van der Waals surface area contributed by atoms with Gasteiger partial charge in [-0.1, -0.05) is 0 Å². The molecule has 1 aromatic carbocycles. The molecule has 4 heteroatoms. The van der Waals surface area contributed by atoms with E-state index in [0.717, 1.165) is 22.3 Å². The normalized spacial score (nSPS) is 17.2. The summed E-state index contributed by atoms with van der Waals surface area (Å²) in [6.45, 7) is 5.19. The summed E-state index contributed by atoms with van der Waals surface area (Å²) in [6.07, 6.45) is 1.24. The molecule has 0 unspecified atom stereocenters. The van der Waals surface area contributed by atoms with E-state index < -0.39 is 5.60 Å². The molecule has 0 amide bonds. The van der Waals surface area contributed by atoms with Crippen molar-refractivity contribution in [1.29, 1.82) is 0 Å². The highest BCUT2D eigenvalue weighted by Gasteiger charge is 2.37. The first-order valence-electron chi connectivity index (χ1n) is 6.18. The summed E-state index contributed by atoms with van der Waals surface area (Å²) in [7, 11) is 0. The largest absolute Gasteiger partial charge is 0.507 e. The van der Waals surface area contributed by atoms with Crippen LogP contribution in [0.5, 0.6) is 11.5 Å². The van der Waals surface area contributed by atoms with Crippen LogP contribution in [0.25, 0.3) is 0 Å². The summed E-state index contributed by atoms with van der Waals surface area (Å²) in [5.74, 6) is 1.02. The van der Waals surface area contributed by atoms with Gasteiger partial charge in [-0.15, -0.1) is 0 Å². The fraction of sp³-hybridized carbons (Fsp3) is 0.571. The quantitative estimate of drug-likeness (QED) is 0.743. The number of aromatic hydroxyl groups is 1. The van der Waals surface area contributed by atoms with Crippen LogP contribution in [0.3, 0.4) is 0 Å². The minimum absolute atomic E-state index is 0.207. The number of ether oxygens (including phenoxy) is 1. The third-order valence-corrected chi connectivity index (χ3v) is 4.07. The highest BCUT2D eigenvalue weighted by atomic mass is 16.5. The van der Waals surface area contributed by atoms with Crippen LogP contribution in [0.15, 0.2) is 0 Å². The fourth-order valence-electron chi connectivity index (χ4n) is 2.50. The van der Waals surface area contributed by atoms with E-state index in [9.17, 15) is 15.3 Å². The Labute approximate surface area is 107 Å². The van der Waals surface area contributed by atoms with Crippen molar-refractivity contribution in [3.05, 3.63) is 22.3 Å². The first kappa shape index (κ1) is 13.2. The van der Waals surface area contributed by atoms with Gasteiger partial charge in [-0.3, -0.25) is 0 Å². The van der Waals surface area contributed by atoms with Gasteiger partial charge in [0.1, 0.15) is 11.5 Å². The first-order valence-corrected chi connectivity index (χ1v) is 6.18. The SMILES string of the molecule is Cc1c(C)c2c(c(C)c1O)CCC(CO)(CO)O2. The van der Waals surface area contributed by atoms with Crippen molar-refractivity contribution in [2.75, 3.05) is 13.2 Å². The van der Waals surface area contributed by atoms with E-state index in [4.69, 9.17) is 4.74 Å². The molecule has 3 N–H and O–H groups in total. The van der Waals surface area contributed by atoms with Crippen LogP contribution >= 0.6 is 0 Å². The molecule has 0 aliphatic carbocycles. The van der Waals surface area contributed by atoms with E-state index in [1.165, 1.54) is 0 Å². The van der Waals surface area contributed by atoms with E-state index in [-0.39, 0.29) is 13.2 Å². The van der Waals surface area contributed by atoms with Crippen molar-refractivity contribution in [3.8, 4) is 11.5 Å². The van der Waals surface area contributed by atoms with Crippen molar-refractivity contribution in [3.63, 3.8) is 0 Å². The van der Waals surface area contributed by atoms with E-state index >= 15 is 0 Å². The number of hydrogen-bond donors (Lipinski definition) is 3. The third-order valence-electron chi connectivity index (χ3n) is 4.07. The summed E-state index contributed by atoms with van der Waals surface area (Å²) in [5.41, 5.74) is 2.58. The second kappa shape index (κ2) is 4.44. The zero-order valence-electron chi connectivity index (χ0n) is 11.1. The van der Waals surface area contributed by atoms with Crippen LogP contribution in [0.1, 0.15) is 28.7 Å². The molecule has 0 atom stereocenters. The number of phenolic OH excluding ortho intramolecular Hbond substituents is 1. The van der Waals surface area contributed by atoms with E-state index in [2.05, 4.69) is 0 Å². The van der Waals surface area contributed by atoms with Crippen LogP contribution in [0.4, 0.5) is 0 Å². The second-order valence-electron chi connectivity index (χ2n) is 5.13. The van der Waals surface area contributed by atoms with Gasteiger partial charge in [-0.2, -0.15) is 0 Å². The predicted octanol–water partition coefficient (Wildman–Crippen LogP) is 1.37. The Hall–Kier alpha value is -1.26. The predicted molar refractivity (Wildman–Crippen MR) is 68.2 cm³/mol. The third kappa shape index (κ3) is 1.76. The maximum atomic E-state index is 10.0. The van der Waals surface area contributed by atoms with E-state index in [0.29, 0.717) is 24.3 Å². The fourth-order valence-corrected chi connectivity index (χ4v) is 2.50. The van der Waals surface area contributed by atoms with Gasteiger partial charge < -0.3 is 20.1 Å². The number of rotatable bonds is 2. The molecule has 2 rings (SSSR count). The number of aliphatic hydroxyl groups is 2. The molecule has 0 radical (unpaired) electrons. The molecule has 1 aliphatic rings. The van der Waals surface area contributed by atoms with Gasteiger partial charge >= 0.3 is 0 Å². The van der Waals surface area contributed by atoms with Crippen LogP contribution in [0.2, 0.25) is 0 Å². The summed E-state index contributed by atoms with van der Waals surface area (Å²) >= 11 is 0. The van der Waals surface area contributed by atoms with Crippen LogP contribution < -0.4 is 4.74 Å². The molecular weight excluding hydrogens is 232 g/mol. The molecule has 18 heavy (non-hydrogen) atoms. The zero-order chi connectivity index (χ0) is 13.5. The Morgan fingerprint density at radius 3 is 2.22 bits per heavy atom. The number of hydrogen-bond acceptors (Lipinski definition) is 4. The molecule has 0 saturated heterocycles. The smallest absolute Gasteiger partial charge is 0.155 e. The first-order chi connectivity index (χ1) is 8.45. The highest BCUT2D eigenvalue weighted by Crippen LogP contribution is 2.43. The standard InChI is InChI=1S/C14H20O4/c1-8-9(2)13-11(10(3)12(8)17)4-5-14(6-15,7-16)18-13/h15-17H,4-7H2,1-3H3. The van der Waals surface area contributed by atoms with Crippen LogP contribution in [-0.2, 0) is 6.42 Å². The zero-order valence-corrected chi connectivity index (χ0v) is 11.1. The number of fused-ring (bicyclic) bond motifs is 1. The van der Waals surface area contributed by atoms with E-state index in [1.54, 1.807) is 0 Å². The number of phenols is 1. The molecule has 0 saturated carbocycles. The molecule has 0 spiro atoms. The summed E-state index contributed by atoms with van der Waals surface area (Å²) in [5, 5.41) is 28.9. The molecule has 4 nitrogen and oxygen atoms in total. The lowest BCUT2D eigenvalue weighted by Crippen LogP contribution is -2.47. The molecule has 100 valence electrons. The van der Waals surface area contributed by atoms with Crippen molar-refractivity contribution in [1.82, 2.24) is 0 Å². The Bertz CT molecular complexity index is 475. The number of benzene rings is 1. The molecule has 0 aromatic heterocycles.